The third kappa shape index (κ3) is 4.64. The van der Waals surface area contributed by atoms with Crippen molar-refractivity contribution in [3.8, 4) is 11.8 Å². The van der Waals surface area contributed by atoms with Crippen LogP contribution in [-0.4, -0.2) is 42.4 Å². The van der Waals surface area contributed by atoms with E-state index in [0.29, 0.717) is 48.1 Å². The number of aromatic nitrogens is 1. The van der Waals surface area contributed by atoms with E-state index in [-0.39, 0.29) is 23.6 Å². The van der Waals surface area contributed by atoms with Crippen LogP contribution >= 0.6 is 11.6 Å². The SMILES string of the molecule is CC1(C)C(NC(=O)c2ccc(N3CCC(C=O)CC3)nc2F)C(C)(C)C1Oc1ccc(C#N)c(Cl)c1. The number of carbonyl (C=O) groups is 2. The van der Waals surface area contributed by atoms with Gasteiger partial charge in [0.2, 0.25) is 5.95 Å². The fourth-order valence-electron chi connectivity index (χ4n) is 5.84. The van der Waals surface area contributed by atoms with Crippen molar-refractivity contribution in [2.75, 3.05) is 18.0 Å². The summed E-state index contributed by atoms with van der Waals surface area (Å²) in [6.07, 6.45) is 2.12. The number of hydrogen-bond acceptors (Lipinski definition) is 6. The Morgan fingerprint density at radius 1 is 1.22 bits per heavy atom. The molecule has 1 aromatic heterocycles. The second-order valence-electron chi connectivity index (χ2n) is 10.8. The summed E-state index contributed by atoms with van der Waals surface area (Å²) >= 11 is 6.15. The Morgan fingerprint density at radius 3 is 2.44 bits per heavy atom. The van der Waals surface area contributed by atoms with E-state index < -0.39 is 22.7 Å². The molecule has 1 aromatic carbocycles. The molecule has 2 aliphatic rings. The van der Waals surface area contributed by atoms with Crippen molar-refractivity contribution in [1.82, 2.24) is 10.3 Å². The molecule has 0 bridgehead atoms. The van der Waals surface area contributed by atoms with Gasteiger partial charge < -0.3 is 19.7 Å². The molecule has 2 heterocycles. The number of pyridine rings is 1. The van der Waals surface area contributed by atoms with E-state index in [0.717, 1.165) is 6.29 Å². The van der Waals surface area contributed by atoms with E-state index in [1.807, 2.05) is 38.7 Å². The minimum atomic E-state index is -0.822. The topological polar surface area (TPSA) is 95.3 Å². The molecule has 4 rings (SSSR count). The summed E-state index contributed by atoms with van der Waals surface area (Å²) in [5.74, 6) is -0.313. The first kappa shape index (κ1) is 25.9. The van der Waals surface area contributed by atoms with Gasteiger partial charge in [0.1, 0.15) is 30.0 Å². The highest BCUT2D eigenvalue weighted by Gasteiger charge is 2.64. The Hall–Kier alpha value is -3.18. The highest BCUT2D eigenvalue weighted by atomic mass is 35.5. The normalized spacial score (nSPS) is 22.8. The van der Waals surface area contributed by atoms with Crippen LogP contribution in [0.4, 0.5) is 10.2 Å². The molecule has 2 fully saturated rings. The van der Waals surface area contributed by atoms with Gasteiger partial charge in [-0.1, -0.05) is 39.3 Å². The van der Waals surface area contributed by atoms with E-state index in [4.69, 9.17) is 21.6 Å². The Bertz CT molecular complexity index is 1200. The molecule has 1 aliphatic heterocycles. The quantitative estimate of drug-likeness (QED) is 0.442. The maximum absolute atomic E-state index is 14.9. The summed E-state index contributed by atoms with van der Waals surface area (Å²) in [7, 11) is 0. The number of nitriles is 1. The molecule has 1 aliphatic carbocycles. The molecule has 0 atom stereocenters. The zero-order valence-electron chi connectivity index (χ0n) is 20.8. The fourth-order valence-corrected chi connectivity index (χ4v) is 6.05. The van der Waals surface area contributed by atoms with Crippen LogP contribution in [0.2, 0.25) is 5.02 Å². The number of anilines is 1. The van der Waals surface area contributed by atoms with E-state index in [1.165, 1.54) is 6.07 Å². The van der Waals surface area contributed by atoms with Crippen LogP contribution in [0.5, 0.6) is 5.75 Å². The number of aldehydes is 1. The van der Waals surface area contributed by atoms with Gasteiger partial charge >= 0.3 is 0 Å². The average Bonchev–Trinajstić information content (AvgIpc) is 2.85. The van der Waals surface area contributed by atoms with Gasteiger partial charge in [0.25, 0.3) is 5.91 Å². The third-order valence-corrected chi connectivity index (χ3v) is 7.88. The van der Waals surface area contributed by atoms with Crippen LogP contribution in [0.25, 0.3) is 0 Å². The third-order valence-electron chi connectivity index (χ3n) is 7.56. The van der Waals surface area contributed by atoms with Crippen molar-refractivity contribution in [3.63, 3.8) is 0 Å². The molecule has 1 saturated carbocycles. The lowest BCUT2D eigenvalue weighted by atomic mass is 9.49. The first-order valence-corrected chi connectivity index (χ1v) is 12.4. The number of hydrogen-bond donors (Lipinski definition) is 1. The molecule has 1 amide bonds. The van der Waals surface area contributed by atoms with E-state index in [2.05, 4.69) is 10.3 Å². The standard InChI is InChI=1S/C27H30ClFN4O3/c1-26(2)24(27(3,4)25(26)36-18-6-5-17(14-30)20(28)13-18)32-23(35)19-7-8-21(31-22(19)29)33-11-9-16(15-34)10-12-33/h5-8,13,15-16,24-25H,9-12H2,1-4H3,(H,32,35). The Balaban J connectivity index is 1.44. The summed E-state index contributed by atoms with van der Waals surface area (Å²) in [6.45, 7) is 9.19. The maximum Gasteiger partial charge on any atom is 0.256 e. The van der Waals surface area contributed by atoms with Gasteiger partial charge in [-0.25, -0.2) is 4.98 Å². The molecule has 0 spiro atoms. The van der Waals surface area contributed by atoms with Crippen LogP contribution < -0.4 is 15.0 Å². The van der Waals surface area contributed by atoms with Crippen LogP contribution in [0, 0.1) is 34.0 Å². The minimum Gasteiger partial charge on any atom is -0.489 e. The van der Waals surface area contributed by atoms with E-state index >= 15 is 0 Å². The van der Waals surface area contributed by atoms with Crippen molar-refractivity contribution in [3.05, 3.63) is 52.4 Å². The van der Waals surface area contributed by atoms with Crippen molar-refractivity contribution in [2.45, 2.75) is 52.7 Å². The lowest BCUT2D eigenvalue weighted by Gasteiger charge is -2.63. The number of piperidine rings is 1. The van der Waals surface area contributed by atoms with Gasteiger partial charge in [-0.05, 0) is 37.1 Å². The molecule has 0 unspecified atom stereocenters. The van der Waals surface area contributed by atoms with Crippen LogP contribution in [-0.2, 0) is 4.79 Å². The first-order valence-electron chi connectivity index (χ1n) is 12.0. The Labute approximate surface area is 215 Å². The second kappa shape index (κ2) is 9.70. The number of rotatable bonds is 6. The predicted octanol–water partition coefficient (Wildman–Crippen LogP) is 4.77. The summed E-state index contributed by atoms with van der Waals surface area (Å²) in [6, 6.07) is 9.77. The molecule has 190 valence electrons. The number of nitrogens with one attached hydrogen (secondary N) is 1. The van der Waals surface area contributed by atoms with E-state index in [1.54, 1.807) is 24.3 Å². The maximum atomic E-state index is 14.9. The largest absolute Gasteiger partial charge is 0.489 e. The van der Waals surface area contributed by atoms with Crippen molar-refractivity contribution in [1.29, 1.82) is 5.26 Å². The molecular weight excluding hydrogens is 483 g/mol. The highest BCUT2D eigenvalue weighted by molar-refractivity contribution is 6.31. The smallest absolute Gasteiger partial charge is 0.256 e. The minimum absolute atomic E-state index is 0.0343. The van der Waals surface area contributed by atoms with Gasteiger partial charge in [0, 0.05) is 41.9 Å². The summed E-state index contributed by atoms with van der Waals surface area (Å²) in [4.78, 5) is 30.0. The fraction of sp³-hybridized carbons (Fsp3) is 0.481. The van der Waals surface area contributed by atoms with Gasteiger partial charge in [-0.2, -0.15) is 9.65 Å². The number of amides is 1. The molecule has 9 heteroatoms. The monoisotopic (exact) mass is 512 g/mol. The zero-order valence-corrected chi connectivity index (χ0v) is 21.6. The molecule has 1 N–H and O–H groups in total. The number of benzene rings is 1. The summed E-state index contributed by atoms with van der Waals surface area (Å²) < 4.78 is 21.1. The molecule has 1 saturated heterocycles. The molecule has 2 aromatic rings. The van der Waals surface area contributed by atoms with Crippen LogP contribution in [0.15, 0.2) is 30.3 Å². The predicted molar refractivity (Wildman–Crippen MR) is 135 cm³/mol. The van der Waals surface area contributed by atoms with Gasteiger partial charge in [-0.15, -0.1) is 0 Å². The van der Waals surface area contributed by atoms with Crippen molar-refractivity contribution >= 4 is 29.6 Å². The number of carbonyl (C=O) groups excluding carboxylic acids is 2. The lowest BCUT2D eigenvalue weighted by Crippen LogP contribution is -2.74. The van der Waals surface area contributed by atoms with Crippen LogP contribution in [0.1, 0.15) is 56.5 Å². The molecule has 0 radical (unpaired) electrons. The number of halogens is 2. The van der Waals surface area contributed by atoms with Crippen molar-refractivity contribution < 1.29 is 18.7 Å². The highest BCUT2D eigenvalue weighted by Crippen LogP contribution is 2.55. The van der Waals surface area contributed by atoms with Gasteiger partial charge in [-0.3, -0.25) is 4.79 Å². The van der Waals surface area contributed by atoms with Crippen LogP contribution in [0.3, 0.4) is 0 Å². The van der Waals surface area contributed by atoms with Crippen molar-refractivity contribution in [2.24, 2.45) is 16.7 Å². The molecule has 7 nitrogen and oxygen atoms in total. The lowest BCUT2D eigenvalue weighted by molar-refractivity contribution is -0.164. The van der Waals surface area contributed by atoms with Gasteiger partial charge in [0.15, 0.2) is 0 Å². The summed E-state index contributed by atoms with van der Waals surface area (Å²) in [5.41, 5.74) is -0.678. The van der Waals surface area contributed by atoms with Gasteiger partial charge in [0.05, 0.1) is 16.1 Å². The average molecular weight is 513 g/mol. The first-order chi connectivity index (χ1) is 17.0. The molecule has 36 heavy (non-hydrogen) atoms. The Morgan fingerprint density at radius 2 is 1.89 bits per heavy atom. The number of nitrogens with zero attached hydrogens (tertiary/aromatic N) is 3. The number of ether oxygens (including phenoxy) is 1. The Kier molecular flexibility index (Phi) is 6.98. The molecular formula is C27H30ClFN4O3. The second-order valence-corrected chi connectivity index (χ2v) is 11.2. The zero-order chi connectivity index (χ0) is 26.3. The van der Waals surface area contributed by atoms with E-state index in [9.17, 15) is 14.0 Å². The summed E-state index contributed by atoms with van der Waals surface area (Å²) in [5, 5.41) is 12.4.